The normalized spacial score (nSPS) is 17.3. The summed E-state index contributed by atoms with van der Waals surface area (Å²) in [6.45, 7) is 2.13. The Kier molecular flexibility index (Phi) is 5.08. The van der Waals surface area contributed by atoms with E-state index in [9.17, 15) is 18.0 Å². The van der Waals surface area contributed by atoms with Gasteiger partial charge in [0.2, 0.25) is 11.8 Å². The zero-order valence-corrected chi connectivity index (χ0v) is 15.2. The van der Waals surface area contributed by atoms with Gasteiger partial charge >= 0.3 is 0 Å². The Morgan fingerprint density at radius 2 is 1.77 bits per heavy atom. The first-order chi connectivity index (χ1) is 12.4. The summed E-state index contributed by atoms with van der Waals surface area (Å²) in [6.07, 6.45) is 0.221. The predicted octanol–water partition coefficient (Wildman–Crippen LogP) is 1.99. The van der Waals surface area contributed by atoms with Crippen molar-refractivity contribution >= 4 is 21.8 Å². The summed E-state index contributed by atoms with van der Waals surface area (Å²) in [4.78, 5) is 24.8. The fraction of sp³-hybridized carbons (Fsp3) is 0.263. The Bertz CT molecular complexity index is 908. The van der Waals surface area contributed by atoms with Crippen LogP contribution in [0.15, 0.2) is 59.5 Å². The molecule has 0 radical (unpaired) electrons. The Morgan fingerprint density at radius 3 is 2.42 bits per heavy atom. The number of carbonyl (C=O) groups is 2. The number of sulfonamides is 1. The molecule has 0 spiro atoms. The quantitative estimate of drug-likeness (QED) is 0.870. The molecule has 1 N–H and O–H groups in total. The Labute approximate surface area is 152 Å². The number of rotatable bonds is 5. The molecule has 1 unspecified atom stereocenters. The maximum atomic E-state index is 12.9. The summed E-state index contributed by atoms with van der Waals surface area (Å²) in [5, 5.41) is 2.73. The third-order valence-corrected chi connectivity index (χ3v) is 6.19. The van der Waals surface area contributed by atoms with E-state index in [1.807, 2.05) is 37.3 Å². The number of benzene rings is 2. The van der Waals surface area contributed by atoms with E-state index in [-0.39, 0.29) is 24.3 Å². The summed E-state index contributed by atoms with van der Waals surface area (Å²) in [5.74, 6) is -1.01. The number of hydrogen-bond acceptors (Lipinski definition) is 4. The van der Waals surface area contributed by atoms with E-state index in [0.717, 1.165) is 15.4 Å². The van der Waals surface area contributed by atoms with Crippen LogP contribution < -0.4 is 5.32 Å². The highest BCUT2D eigenvalue weighted by Crippen LogP contribution is 2.27. The lowest BCUT2D eigenvalue weighted by Gasteiger charge is -2.23. The van der Waals surface area contributed by atoms with E-state index < -0.39 is 27.9 Å². The van der Waals surface area contributed by atoms with E-state index in [4.69, 9.17) is 0 Å². The average molecular weight is 372 g/mol. The van der Waals surface area contributed by atoms with Crippen LogP contribution in [0.25, 0.3) is 0 Å². The Hall–Kier alpha value is -2.67. The highest BCUT2D eigenvalue weighted by molar-refractivity contribution is 7.89. The summed E-state index contributed by atoms with van der Waals surface area (Å²) >= 11 is 0. The molecule has 2 aromatic rings. The summed E-state index contributed by atoms with van der Waals surface area (Å²) < 4.78 is 26.5. The van der Waals surface area contributed by atoms with Crippen LogP contribution in [0.3, 0.4) is 0 Å². The molecule has 1 aliphatic heterocycles. The van der Waals surface area contributed by atoms with Crippen LogP contribution in [0.1, 0.15) is 24.0 Å². The van der Waals surface area contributed by atoms with Gasteiger partial charge in [-0.05, 0) is 31.0 Å². The molecule has 1 fully saturated rings. The molecule has 7 heteroatoms. The van der Waals surface area contributed by atoms with Crippen LogP contribution in [-0.4, -0.2) is 30.6 Å². The van der Waals surface area contributed by atoms with Crippen molar-refractivity contribution in [1.82, 2.24) is 9.62 Å². The van der Waals surface area contributed by atoms with Gasteiger partial charge in [-0.25, -0.2) is 12.7 Å². The second-order valence-electron chi connectivity index (χ2n) is 6.27. The molecule has 0 bridgehead atoms. The minimum absolute atomic E-state index is 0.0132. The van der Waals surface area contributed by atoms with Gasteiger partial charge in [0.25, 0.3) is 10.0 Å². The first-order valence-corrected chi connectivity index (χ1v) is 9.79. The van der Waals surface area contributed by atoms with Crippen LogP contribution in [0.5, 0.6) is 0 Å². The number of carbonyl (C=O) groups excluding carboxylic acids is 2. The largest absolute Gasteiger partial charge is 0.350 e. The molecule has 0 aromatic heterocycles. The summed E-state index contributed by atoms with van der Waals surface area (Å²) in [5.41, 5.74) is 1.81. The zero-order chi connectivity index (χ0) is 18.7. The van der Waals surface area contributed by atoms with Crippen LogP contribution in [-0.2, 0) is 26.2 Å². The number of nitrogens with one attached hydrogen (secondary N) is 1. The minimum Gasteiger partial charge on any atom is -0.350 e. The lowest BCUT2D eigenvalue weighted by atomic mass is 10.2. The first kappa shape index (κ1) is 18.1. The molecule has 3 rings (SSSR count). The summed E-state index contributed by atoms with van der Waals surface area (Å²) in [7, 11) is -4.06. The molecule has 26 heavy (non-hydrogen) atoms. The number of hydrogen-bond donors (Lipinski definition) is 1. The lowest BCUT2D eigenvalue weighted by molar-refractivity contribution is -0.130. The van der Waals surface area contributed by atoms with Crippen molar-refractivity contribution in [1.29, 1.82) is 0 Å². The molecule has 1 heterocycles. The van der Waals surface area contributed by atoms with E-state index in [1.54, 1.807) is 12.1 Å². The number of amides is 2. The zero-order valence-electron chi connectivity index (χ0n) is 14.4. The van der Waals surface area contributed by atoms with E-state index >= 15 is 0 Å². The second kappa shape index (κ2) is 7.29. The monoisotopic (exact) mass is 372 g/mol. The molecule has 1 aliphatic rings. The van der Waals surface area contributed by atoms with E-state index in [2.05, 4.69) is 5.32 Å². The Morgan fingerprint density at radius 1 is 1.12 bits per heavy atom. The third kappa shape index (κ3) is 3.62. The average Bonchev–Trinajstić information content (AvgIpc) is 3.03. The fourth-order valence-corrected chi connectivity index (χ4v) is 4.53. The van der Waals surface area contributed by atoms with Crippen molar-refractivity contribution in [2.45, 2.75) is 37.2 Å². The van der Waals surface area contributed by atoms with Crippen molar-refractivity contribution in [3.05, 3.63) is 65.7 Å². The molecular formula is C19H20N2O4S. The maximum absolute atomic E-state index is 12.9. The highest BCUT2D eigenvalue weighted by Gasteiger charge is 2.44. The van der Waals surface area contributed by atoms with Crippen molar-refractivity contribution in [2.75, 3.05) is 0 Å². The minimum atomic E-state index is -4.06. The molecule has 6 nitrogen and oxygen atoms in total. The van der Waals surface area contributed by atoms with Gasteiger partial charge in [0.05, 0.1) is 4.90 Å². The van der Waals surface area contributed by atoms with Gasteiger partial charge in [-0.2, -0.15) is 0 Å². The van der Waals surface area contributed by atoms with E-state index in [1.165, 1.54) is 12.1 Å². The standard InChI is InChI=1S/C19H20N2O4S/c1-14-7-9-16(10-8-14)26(24,25)21-17(11-12-18(21)22)19(23)20-13-15-5-3-2-4-6-15/h2-10,17H,11-13H2,1H3,(H,20,23). The Balaban J connectivity index is 1.79. The van der Waals surface area contributed by atoms with Gasteiger partial charge in [-0.1, -0.05) is 48.0 Å². The van der Waals surface area contributed by atoms with Crippen LogP contribution in [0.2, 0.25) is 0 Å². The van der Waals surface area contributed by atoms with E-state index in [0.29, 0.717) is 0 Å². The van der Waals surface area contributed by atoms with Crippen molar-refractivity contribution in [3.8, 4) is 0 Å². The van der Waals surface area contributed by atoms with Crippen LogP contribution >= 0.6 is 0 Å². The SMILES string of the molecule is Cc1ccc(S(=O)(=O)N2C(=O)CCC2C(=O)NCc2ccccc2)cc1. The van der Waals surface area contributed by atoms with Crippen LogP contribution in [0, 0.1) is 6.92 Å². The molecule has 1 saturated heterocycles. The van der Waals surface area contributed by atoms with Crippen molar-refractivity contribution < 1.29 is 18.0 Å². The maximum Gasteiger partial charge on any atom is 0.267 e. The summed E-state index contributed by atoms with van der Waals surface area (Å²) in [6, 6.07) is 14.5. The second-order valence-corrected chi connectivity index (χ2v) is 8.08. The van der Waals surface area contributed by atoms with Gasteiger partial charge in [0.1, 0.15) is 6.04 Å². The fourth-order valence-electron chi connectivity index (χ4n) is 2.93. The topological polar surface area (TPSA) is 83.6 Å². The van der Waals surface area contributed by atoms with Crippen molar-refractivity contribution in [3.63, 3.8) is 0 Å². The smallest absolute Gasteiger partial charge is 0.267 e. The van der Waals surface area contributed by atoms with Gasteiger partial charge in [-0.15, -0.1) is 0 Å². The lowest BCUT2D eigenvalue weighted by Crippen LogP contribution is -2.47. The van der Waals surface area contributed by atoms with Gasteiger partial charge in [0.15, 0.2) is 0 Å². The number of aryl methyl sites for hydroxylation is 1. The molecule has 2 amide bonds. The first-order valence-electron chi connectivity index (χ1n) is 8.35. The van der Waals surface area contributed by atoms with Gasteiger partial charge in [-0.3, -0.25) is 9.59 Å². The van der Waals surface area contributed by atoms with Gasteiger partial charge < -0.3 is 5.32 Å². The number of nitrogens with zero attached hydrogens (tertiary/aromatic N) is 1. The molecule has 0 aliphatic carbocycles. The predicted molar refractivity (Wildman–Crippen MR) is 96.5 cm³/mol. The molecule has 2 aromatic carbocycles. The molecule has 0 saturated carbocycles. The molecular weight excluding hydrogens is 352 g/mol. The van der Waals surface area contributed by atoms with Crippen molar-refractivity contribution in [2.24, 2.45) is 0 Å². The molecule has 1 atom stereocenters. The third-order valence-electron chi connectivity index (χ3n) is 4.35. The molecule has 136 valence electrons. The van der Waals surface area contributed by atoms with Crippen LogP contribution in [0.4, 0.5) is 0 Å². The van der Waals surface area contributed by atoms with Gasteiger partial charge in [0, 0.05) is 13.0 Å². The highest BCUT2D eigenvalue weighted by atomic mass is 32.2.